The fourth-order valence-corrected chi connectivity index (χ4v) is 4.70. The molecule has 1 saturated heterocycles. The van der Waals surface area contributed by atoms with Gasteiger partial charge in [0.15, 0.2) is 5.84 Å². The van der Waals surface area contributed by atoms with Gasteiger partial charge in [-0.2, -0.15) is 4.31 Å². The van der Waals surface area contributed by atoms with Crippen molar-refractivity contribution in [1.29, 1.82) is 0 Å². The molecular weight excluding hydrogens is 292 g/mol. The predicted molar refractivity (Wildman–Crippen MR) is 81.8 cm³/mol. The molecule has 21 heavy (non-hydrogen) atoms. The summed E-state index contributed by atoms with van der Waals surface area (Å²) in [4.78, 5) is 2.11. The Morgan fingerprint density at radius 3 is 2.43 bits per heavy atom. The number of rotatable bonds is 7. The zero-order chi connectivity index (χ0) is 15.5. The number of oxime groups is 1. The minimum atomic E-state index is -3.11. The molecule has 1 aliphatic heterocycles. The van der Waals surface area contributed by atoms with E-state index < -0.39 is 10.0 Å². The average Bonchev–Trinajstić information content (AvgIpc) is 3.27. The highest BCUT2D eigenvalue weighted by Gasteiger charge is 2.35. The summed E-state index contributed by atoms with van der Waals surface area (Å²) >= 11 is 0. The van der Waals surface area contributed by atoms with Crippen LogP contribution in [0.1, 0.15) is 32.6 Å². The lowest BCUT2D eigenvalue weighted by molar-refractivity contribution is 0.158. The third-order valence-corrected chi connectivity index (χ3v) is 6.31. The van der Waals surface area contributed by atoms with Crippen molar-refractivity contribution in [2.24, 2.45) is 16.8 Å². The molecule has 7 nitrogen and oxygen atoms in total. The number of hydrogen-bond donors (Lipinski definition) is 2. The van der Waals surface area contributed by atoms with E-state index in [0.717, 1.165) is 25.7 Å². The molecule has 2 rings (SSSR count). The molecule has 0 amide bonds. The first-order chi connectivity index (χ1) is 9.97. The Kier molecular flexibility index (Phi) is 5.45. The molecular formula is C13H26N4O3S. The third kappa shape index (κ3) is 4.31. The molecule has 2 fully saturated rings. The van der Waals surface area contributed by atoms with Crippen LogP contribution in [0.5, 0.6) is 0 Å². The van der Waals surface area contributed by atoms with Gasteiger partial charge in [-0.1, -0.05) is 18.5 Å². The van der Waals surface area contributed by atoms with E-state index >= 15 is 0 Å². The lowest BCUT2D eigenvalue weighted by Crippen LogP contribution is -2.55. The highest BCUT2D eigenvalue weighted by Crippen LogP contribution is 2.31. The Balaban J connectivity index is 1.92. The zero-order valence-electron chi connectivity index (χ0n) is 12.6. The fraction of sp³-hybridized carbons (Fsp3) is 0.923. The molecule has 0 aromatic carbocycles. The van der Waals surface area contributed by atoms with Gasteiger partial charge in [-0.25, -0.2) is 8.42 Å². The van der Waals surface area contributed by atoms with Crippen LogP contribution in [0, 0.1) is 5.92 Å². The molecule has 122 valence electrons. The summed E-state index contributed by atoms with van der Waals surface area (Å²) in [6.45, 7) is 4.30. The molecule has 1 unspecified atom stereocenters. The average molecular weight is 318 g/mol. The molecule has 1 aliphatic carbocycles. The topological polar surface area (TPSA) is 99.2 Å². The highest BCUT2D eigenvalue weighted by atomic mass is 32.2. The Labute approximate surface area is 126 Å². The highest BCUT2D eigenvalue weighted by molar-refractivity contribution is 7.89. The lowest BCUT2D eigenvalue weighted by Gasteiger charge is -2.38. The second-order valence-corrected chi connectivity index (χ2v) is 8.00. The van der Waals surface area contributed by atoms with Gasteiger partial charge in [-0.15, -0.1) is 0 Å². The van der Waals surface area contributed by atoms with Crippen LogP contribution in [0.15, 0.2) is 5.16 Å². The number of sulfonamides is 1. The van der Waals surface area contributed by atoms with Gasteiger partial charge in [-0.3, -0.25) is 4.90 Å². The van der Waals surface area contributed by atoms with Crippen LogP contribution in [0.3, 0.4) is 0 Å². The predicted octanol–water partition coefficient (Wildman–Crippen LogP) is 0.259. The normalized spacial score (nSPS) is 24.1. The first-order valence-corrected chi connectivity index (χ1v) is 9.28. The number of amidine groups is 1. The van der Waals surface area contributed by atoms with E-state index in [1.807, 2.05) is 6.92 Å². The fourth-order valence-electron chi connectivity index (χ4n) is 2.84. The summed E-state index contributed by atoms with van der Waals surface area (Å²) in [6, 6.07) is -0.103. The van der Waals surface area contributed by atoms with E-state index in [2.05, 4.69) is 10.1 Å². The molecule has 0 spiro atoms. The summed E-state index contributed by atoms with van der Waals surface area (Å²) in [7, 11) is -3.11. The Morgan fingerprint density at radius 1 is 1.33 bits per heavy atom. The van der Waals surface area contributed by atoms with Gasteiger partial charge in [0.2, 0.25) is 10.0 Å². The van der Waals surface area contributed by atoms with Crippen molar-refractivity contribution in [3.8, 4) is 0 Å². The smallest absolute Gasteiger partial charge is 0.214 e. The summed E-state index contributed by atoms with van der Waals surface area (Å²) in [6.07, 6.45) is 3.83. The zero-order valence-corrected chi connectivity index (χ0v) is 13.4. The van der Waals surface area contributed by atoms with Gasteiger partial charge in [0.25, 0.3) is 0 Å². The van der Waals surface area contributed by atoms with Gasteiger partial charge in [0.1, 0.15) is 0 Å². The Hall–Kier alpha value is -0.860. The molecule has 3 N–H and O–H groups in total. The molecule has 0 aromatic rings. The van der Waals surface area contributed by atoms with Crippen LogP contribution in [0.4, 0.5) is 0 Å². The first kappa shape index (κ1) is 16.5. The number of nitrogens with two attached hydrogens (primary N) is 1. The van der Waals surface area contributed by atoms with Gasteiger partial charge < -0.3 is 10.9 Å². The maximum Gasteiger partial charge on any atom is 0.214 e. The monoisotopic (exact) mass is 318 g/mol. The summed E-state index contributed by atoms with van der Waals surface area (Å²) in [5.41, 5.74) is 5.76. The molecule has 0 bridgehead atoms. The minimum Gasteiger partial charge on any atom is -0.409 e. The summed E-state index contributed by atoms with van der Waals surface area (Å²) < 4.78 is 26.1. The van der Waals surface area contributed by atoms with Crippen molar-refractivity contribution < 1.29 is 13.6 Å². The van der Waals surface area contributed by atoms with Gasteiger partial charge in [0, 0.05) is 26.2 Å². The van der Waals surface area contributed by atoms with E-state index in [-0.39, 0.29) is 11.9 Å². The molecule has 0 aromatic heterocycles. The lowest BCUT2D eigenvalue weighted by atomic mass is 10.1. The van der Waals surface area contributed by atoms with Crippen LogP contribution in [0.25, 0.3) is 0 Å². The number of hydrogen-bond acceptors (Lipinski definition) is 5. The van der Waals surface area contributed by atoms with Crippen molar-refractivity contribution >= 4 is 15.9 Å². The molecule has 0 radical (unpaired) electrons. The van der Waals surface area contributed by atoms with Crippen molar-refractivity contribution in [1.82, 2.24) is 9.21 Å². The van der Waals surface area contributed by atoms with E-state index in [1.54, 1.807) is 4.31 Å². The quantitative estimate of drug-likeness (QED) is 0.303. The van der Waals surface area contributed by atoms with Gasteiger partial charge >= 0.3 is 0 Å². The van der Waals surface area contributed by atoms with Crippen LogP contribution in [-0.4, -0.2) is 66.6 Å². The first-order valence-electron chi connectivity index (χ1n) is 7.67. The number of nitrogens with zero attached hydrogens (tertiary/aromatic N) is 3. The van der Waals surface area contributed by atoms with Crippen molar-refractivity contribution in [3.05, 3.63) is 0 Å². The molecule has 1 saturated carbocycles. The Morgan fingerprint density at radius 2 is 1.95 bits per heavy atom. The van der Waals surface area contributed by atoms with Crippen molar-refractivity contribution in [2.45, 2.75) is 38.6 Å². The van der Waals surface area contributed by atoms with E-state index in [9.17, 15) is 8.42 Å². The second-order valence-electron chi connectivity index (χ2n) is 5.99. The number of piperazine rings is 1. The largest absolute Gasteiger partial charge is 0.409 e. The van der Waals surface area contributed by atoms with Gasteiger partial charge in [0.05, 0.1) is 11.8 Å². The van der Waals surface area contributed by atoms with Crippen LogP contribution >= 0.6 is 0 Å². The van der Waals surface area contributed by atoms with E-state index in [1.165, 1.54) is 0 Å². The molecule has 8 heteroatoms. The van der Waals surface area contributed by atoms with Crippen LogP contribution < -0.4 is 5.73 Å². The SMILES string of the molecule is CCCC(C(N)=NO)N1CCN(S(=O)(=O)CC2CC2)CC1. The molecule has 1 heterocycles. The molecule has 1 atom stereocenters. The third-order valence-electron chi connectivity index (χ3n) is 4.27. The standard InChI is InChI=1S/C13H26N4O3S/c1-2-3-12(13(14)15-18)16-6-8-17(9-7-16)21(19,20)10-11-4-5-11/h11-12,18H,2-10H2,1H3,(H2,14,15). The van der Waals surface area contributed by atoms with Crippen LogP contribution in [0.2, 0.25) is 0 Å². The van der Waals surface area contributed by atoms with Crippen LogP contribution in [-0.2, 0) is 10.0 Å². The minimum absolute atomic E-state index is 0.103. The maximum atomic E-state index is 12.2. The van der Waals surface area contributed by atoms with Crippen molar-refractivity contribution in [2.75, 3.05) is 31.9 Å². The van der Waals surface area contributed by atoms with Gasteiger partial charge in [-0.05, 0) is 25.2 Å². The second kappa shape index (κ2) is 6.93. The van der Waals surface area contributed by atoms with Crippen molar-refractivity contribution in [3.63, 3.8) is 0 Å². The van der Waals surface area contributed by atoms with E-state index in [0.29, 0.717) is 37.8 Å². The maximum absolute atomic E-state index is 12.2. The summed E-state index contributed by atoms with van der Waals surface area (Å²) in [5.74, 6) is 0.884. The Bertz CT molecular complexity index is 468. The van der Waals surface area contributed by atoms with E-state index in [4.69, 9.17) is 10.9 Å². The molecule has 2 aliphatic rings. The summed E-state index contributed by atoms with van der Waals surface area (Å²) in [5, 5.41) is 12.0.